The van der Waals surface area contributed by atoms with Crippen LogP contribution in [0, 0.1) is 17.8 Å². The van der Waals surface area contributed by atoms with Crippen LogP contribution in [0.4, 0.5) is 0 Å². The number of nitrogens with two attached hydrogens (primary N) is 5. The molecule has 66 heavy (non-hydrogen) atoms. The number of fused-ring (bicyclic) bond motifs is 1. The second-order valence-corrected chi connectivity index (χ2v) is 18.7. The maximum Gasteiger partial charge on any atom is 0.243 e. The van der Waals surface area contributed by atoms with Crippen LogP contribution >= 0.6 is 0 Å². The van der Waals surface area contributed by atoms with E-state index in [0.717, 1.165) is 16.5 Å². The zero-order valence-corrected chi connectivity index (χ0v) is 40.2. The van der Waals surface area contributed by atoms with Crippen molar-refractivity contribution in [3.05, 3.63) is 36.0 Å². The third-order valence-corrected chi connectivity index (χ3v) is 11.2. The number of benzene rings is 1. The minimum atomic E-state index is -1.21. The van der Waals surface area contributed by atoms with Crippen molar-refractivity contribution in [3.8, 4) is 0 Å². The summed E-state index contributed by atoms with van der Waals surface area (Å²) >= 11 is 0. The maximum atomic E-state index is 14.5. The largest absolute Gasteiger partial charge is 0.368 e. The normalized spacial score (nSPS) is 14.7. The summed E-state index contributed by atoms with van der Waals surface area (Å²) in [6, 6.07) is 0.109. The molecular formula is C47H82N12O7. The van der Waals surface area contributed by atoms with Crippen LogP contribution in [0.5, 0.6) is 0 Å². The zero-order chi connectivity index (χ0) is 49.3. The molecule has 0 spiro atoms. The van der Waals surface area contributed by atoms with Gasteiger partial charge in [-0.05, 0) is 126 Å². The van der Waals surface area contributed by atoms with Gasteiger partial charge in [-0.3, -0.25) is 33.6 Å². The van der Waals surface area contributed by atoms with Gasteiger partial charge in [-0.25, -0.2) is 0 Å². The summed E-state index contributed by atoms with van der Waals surface area (Å²) in [5.74, 6) is -4.26. The number of carbonyl (C=O) groups is 7. The average molecular weight is 927 g/mol. The number of nitrogens with one attached hydrogen (secondary N) is 7. The van der Waals surface area contributed by atoms with Crippen molar-refractivity contribution in [1.82, 2.24) is 36.9 Å². The fraction of sp³-hybridized carbons (Fsp3) is 0.681. The van der Waals surface area contributed by atoms with Gasteiger partial charge < -0.3 is 65.6 Å². The Morgan fingerprint density at radius 1 is 0.500 bits per heavy atom. The number of amides is 7. The summed E-state index contributed by atoms with van der Waals surface area (Å²) in [5, 5.41) is 17.7. The summed E-state index contributed by atoms with van der Waals surface area (Å²) < 4.78 is 0. The van der Waals surface area contributed by atoms with Crippen molar-refractivity contribution in [3.63, 3.8) is 0 Å². The summed E-state index contributed by atoms with van der Waals surface area (Å²) in [7, 11) is 0. The van der Waals surface area contributed by atoms with E-state index in [9.17, 15) is 33.6 Å². The fourth-order valence-electron chi connectivity index (χ4n) is 7.69. The minimum absolute atomic E-state index is 0.0272. The Morgan fingerprint density at radius 3 is 1.33 bits per heavy atom. The van der Waals surface area contributed by atoms with Gasteiger partial charge in [0.1, 0.15) is 36.3 Å². The van der Waals surface area contributed by atoms with Crippen molar-refractivity contribution < 1.29 is 33.6 Å². The third kappa shape index (κ3) is 20.6. The molecule has 0 aliphatic heterocycles. The highest BCUT2D eigenvalue weighted by Gasteiger charge is 2.34. The van der Waals surface area contributed by atoms with Gasteiger partial charge in [0, 0.05) is 23.5 Å². The third-order valence-electron chi connectivity index (χ3n) is 11.2. The van der Waals surface area contributed by atoms with E-state index in [0.29, 0.717) is 71.0 Å². The topological polar surface area (TPSA) is 338 Å². The monoisotopic (exact) mass is 927 g/mol. The number of aromatic nitrogens is 1. The molecule has 19 nitrogen and oxygen atoms in total. The first-order valence-corrected chi connectivity index (χ1v) is 23.8. The van der Waals surface area contributed by atoms with Gasteiger partial charge in [-0.2, -0.15) is 0 Å². The van der Waals surface area contributed by atoms with Crippen LogP contribution in [0.3, 0.4) is 0 Å². The molecule has 1 heterocycles. The molecule has 0 radical (unpaired) electrons. The first-order valence-electron chi connectivity index (χ1n) is 23.8. The van der Waals surface area contributed by atoms with Crippen molar-refractivity contribution in [2.75, 3.05) is 19.6 Å². The van der Waals surface area contributed by atoms with E-state index in [1.54, 1.807) is 6.20 Å². The lowest BCUT2D eigenvalue weighted by atomic mass is 9.99. The van der Waals surface area contributed by atoms with E-state index in [-0.39, 0.29) is 49.9 Å². The number of para-hydroxylation sites is 1. The van der Waals surface area contributed by atoms with E-state index in [1.807, 2.05) is 65.8 Å². The highest BCUT2D eigenvalue weighted by Crippen LogP contribution is 2.20. The molecular weight excluding hydrogens is 845 g/mol. The van der Waals surface area contributed by atoms with Crippen LogP contribution in [-0.2, 0) is 40.0 Å². The number of carbonyl (C=O) groups excluding carboxylic acids is 7. The van der Waals surface area contributed by atoms with Crippen molar-refractivity contribution in [2.45, 2.75) is 167 Å². The summed E-state index contributed by atoms with van der Waals surface area (Å²) in [6.07, 6.45) is 6.50. The van der Waals surface area contributed by atoms with Gasteiger partial charge in [0.05, 0.1) is 6.04 Å². The van der Waals surface area contributed by atoms with E-state index in [4.69, 9.17) is 28.7 Å². The Labute approximate surface area is 391 Å². The Kier molecular flexibility index (Phi) is 26.1. The Hall–Kier alpha value is -5.11. The van der Waals surface area contributed by atoms with Crippen LogP contribution < -0.4 is 60.6 Å². The quantitative estimate of drug-likeness (QED) is 0.0447. The highest BCUT2D eigenvalue weighted by molar-refractivity contribution is 5.97. The molecule has 0 saturated heterocycles. The van der Waals surface area contributed by atoms with Crippen LogP contribution in [0.1, 0.15) is 124 Å². The molecule has 17 N–H and O–H groups in total. The number of rotatable bonds is 33. The lowest BCUT2D eigenvalue weighted by Gasteiger charge is -2.28. The van der Waals surface area contributed by atoms with Gasteiger partial charge in [0.25, 0.3) is 0 Å². The van der Waals surface area contributed by atoms with Crippen LogP contribution in [-0.4, -0.2) is 108 Å². The summed E-state index contributed by atoms with van der Waals surface area (Å²) in [4.78, 5) is 99.3. The number of hydrogen-bond donors (Lipinski definition) is 12. The maximum absolute atomic E-state index is 14.5. The number of H-pyrrole nitrogens is 1. The molecule has 0 bridgehead atoms. The Balaban J connectivity index is 2.48. The number of primary amides is 1. The molecule has 7 amide bonds. The predicted octanol–water partition coefficient (Wildman–Crippen LogP) is 0.957. The first kappa shape index (κ1) is 57.0. The predicted molar refractivity (Wildman–Crippen MR) is 258 cm³/mol. The van der Waals surface area contributed by atoms with Crippen LogP contribution in [0.15, 0.2) is 30.5 Å². The smallest absolute Gasteiger partial charge is 0.243 e. The molecule has 0 unspecified atom stereocenters. The molecule has 2 aromatic rings. The van der Waals surface area contributed by atoms with Crippen molar-refractivity contribution in [1.29, 1.82) is 0 Å². The number of hydrogen-bond acceptors (Lipinski definition) is 11. The zero-order valence-electron chi connectivity index (χ0n) is 40.2. The second kappa shape index (κ2) is 30.2. The standard InChI is InChI=1S/C47H82N12O7/c1-28(2)23-33(51)42(61)54-35(17-9-12-20-48)45(64)59-40(26-31-27-53-34-16-8-7-15-32(31)34)47(66)58-39(25-30(5)6)46(65)56-36(18-10-13-21-49)43(62)55-37(19-11-14-22-50)44(63)57-38(41(52)60)24-29(3)4/h7-8,15-16,27-30,33,35-40,53H,9-14,17-26,48-51H2,1-6H3,(H2,52,60)(H,54,61)(H,55,62)(H,56,65)(H,57,63)(H,58,66)(H,59,64)/t33-,35-,36-,37-,38-,39-,40-/m0/s1. The first-order chi connectivity index (χ1) is 31.3. The van der Waals surface area contributed by atoms with Gasteiger partial charge in [0.2, 0.25) is 41.4 Å². The lowest BCUT2D eigenvalue weighted by Crippen LogP contribution is -2.60. The average Bonchev–Trinajstić information content (AvgIpc) is 3.66. The molecule has 0 fully saturated rings. The highest BCUT2D eigenvalue weighted by atomic mass is 16.2. The second-order valence-electron chi connectivity index (χ2n) is 18.7. The number of aromatic amines is 1. The van der Waals surface area contributed by atoms with E-state index < -0.39 is 83.6 Å². The Morgan fingerprint density at radius 2 is 0.879 bits per heavy atom. The SMILES string of the molecule is CC(C)C[C@H](NC(=O)[C@H](CCCCN)NC(=O)[C@H](CCCCN)NC(=O)[C@H](CC(C)C)NC(=O)[C@H](Cc1c[nH]c2ccccc12)NC(=O)[C@H](CCCCN)NC(=O)[C@@H](N)CC(C)C)C(N)=O. The van der Waals surface area contributed by atoms with Crippen LogP contribution in [0.2, 0.25) is 0 Å². The molecule has 1 aromatic heterocycles. The molecule has 372 valence electrons. The molecule has 19 heteroatoms. The van der Waals surface area contributed by atoms with Crippen LogP contribution in [0.25, 0.3) is 10.9 Å². The van der Waals surface area contributed by atoms with Gasteiger partial charge in [-0.15, -0.1) is 0 Å². The van der Waals surface area contributed by atoms with Crippen molar-refractivity contribution >= 4 is 52.3 Å². The lowest BCUT2D eigenvalue weighted by molar-refractivity contribution is -0.135. The summed E-state index contributed by atoms with van der Waals surface area (Å²) in [6.45, 7) is 12.5. The molecule has 0 aliphatic rings. The molecule has 0 saturated carbocycles. The van der Waals surface area contributed by atoms with E-state index in [2.05, 4.69) is 36.9 Å². The Bertz CT molecular complexity index is 1840. The number of unbranched alkanes of at least 4 members (excludes halogenated alkanes) is 3. The van der Waals surface area contributed by atoms with Gasteiger partial charge in [0.15, 0.2) is 0 Å². The van der Waals surface area contributed by atoms with E-state index in [1.165, 1.54) is 0 Å². The fourth-order valence-corrected chi connectivity index (χ4v) is 7.69. The molecule has 0 aliphatic carbocycles. The van der Waals surface area contributed by atoms with E-state index >= 15 is 0 Å². The van der Waals surface area contributed by atoms with Gasteiger partial charge in [-0.1, -0.05) is 59.7 Å². The van der Waals surface area contributed by atoms with Crippen molar-refractivity contribution in [2.24, 2.45) is 46.4 Å². The summed E-state index contributed by atoms with van der Waals surface area (Å²) in [5.41, 5.74) is 30.6. The molecule has 7 atom stereocenters. The molecule has 1 aromatic carbocycles. The molecule has 2 rings (SSSR count). The van der Waals surface area contributed by atoms with Gasteiger partial charge >= 0.3 is 0 Å². The minimum Gasteiger partial charge on any atom is -0.368 e.